The number of hydrogen-bond donors (Lipinski definition) is 2. The minimum Gasteiger partial charge on any atom is -0.390 e. The molecular formula is C22H20F2N6O. The second-order valence-electron chi connectivity index (χ2n) is 7.83. The third kappa shape index (κ3) is 3.66. The fraction of sp³-hybridized carbons (Fsp3) is 0.273. The molecule has 1 aliphatic rings. The van der Waals surface area contributed by atoms with E-state index in [-0.39, 0.29) is 25.4 Å². The largest absolute Gasteiger partial charge is 0.390 e. The average molecular weight is 422 g/mol. The number of aliphatic hydroxyl groups excluding tert-OH is 1. The Labute approximate surface area is 176 Å². The van der Waals surface area contributed by atoms with Crippen molar-refractivity contribution in [3.05, 3.63) is 66.2 Å². The summed E-state index contributed by atoms with van der Waals surface area (Å²) in [7, 11) is 0. The van der Waals surface area contributed by atoms with E-state index in [9.17, 15) is 13.9 Å². The lowest BCUT2D eigenvalue weighted by Gasteiger charge is -2.38. The molecule has 3 N–H and O–H groups in total. The number of nitrogens with two attached hydrogens (primary N) is 1. The first-order chi connectivity index (χ1) is 14.9. The molecule has 0 spiro atoms. The van der Waals surface area contributed by atoms with Gasteiger partial charge in [-0.05, 0) is 30.2 Å². The summed E-state index contributed by atoms with van der Waals surface area (Å²) in [5.74, 6) is -2.52. The molecule has 5 rings (SSSR count). The number of fused-ring (bicyclic) bond motifs is 1. The Bertz CT molecular complexity index is 1250. The van der Waals surface area contributed by atoms with E-state index in [4.69, 9.17) is 5.73 Å². The summed E-state index contributed by atoms with van der Waals surface area (Å²) in [6.07, 6.45) is 2.89. The molecule has 0 amide bonds. The second kappa shape index (κ2) is 7.44. The highest BCUT2D eigenvalue weighted by Gasteiger charge is 2.48. The van der Waals surface area contributed by atoms with Crippen LogP contribution in [0.5, 0.6) is 0 Å². The van der Waals surface area contributed by atoms with Gasteiger partial charge in [-0.3, -0.25) is 4.98 Å². The molecule has 31 heavy (non-hydrogen) atoms. The summed E-state index contributed by atoms with van der Waals surface area (Å²) in [5, 5.41) is 14.6. The fourth-order valence-electron chi connectivity index (χ4n) is 3.91. The molecule has 0 aliphatic heterocycles. The van der Waals surface area contributed by atoms with Crippen LogP contribution < -0.4 is 5.73 Å². The van der Waals surface area contributed by atoms with Gasteiger partial charge in [0, 0.05) is 30.0 Å². The number of benzene rings is 1. The molecule has 0 radical (unpaired) electrons. The molecule has 3 heterocycles. The van der Waals surface area contributed by atoms with Crippen molar-refractivity contribution in [2.45, 2.75) is 31.4 Å². The van der Waals surface area contributed by atoms with E-state index in [0.717, 1.165) is 16.5 Å². The molecular weight excluding hydrogens is 402 g/mol. The van der Waals surface area contributed by atoms with Gasteiger partial charge in [0.15, 0.2) is 0 Å². The Morgan fingerprint density at radius 1 is 1.16 bits per heavy atom. The fourth-order valence-corrected chi connectivity index (χ4v) is 3.91. The third-order valence-electron chi connectivity index (χ3n) is 5.66. The van der Waals surface area contributed by atoms with Crippen molar-refractivity contribution >= 4 is 10.9 Å². The molecule has 0 bridgehead atoms. The standard InChI is InChI=1S/C22H20F2N6O/c23-22(24)9-15(10-22)20(25)18-3-1-2-17(29-18)13-4-5-14-11-27-30(19(14)8-13)21-26-7-6-16(12-31)28-21/h1-8,11,15,20,31H,9-10,12,25H2/t20-/m0/s1. The minimum atomic E-state index is -2.61. The number of halogens is 2. The number of nitrogens with zero attached hydrogens (tertiary/aromatic N) is 5. The number of aliphatic hydroxyl groups is 1. The number of hydrogen-bond acceptors (Lipinski definition) is 6. The Hall–Kier alpha value is -3.30. The van der Waals surface area contributed by atoms with Gasteiger partial charge in [0.25, 0.3) is 5.95 Å². The molecule has 3 aromatic heterocycles. The summed E-state index contributed by atoms with van der Waals surface area (Å²) in [4.78, 5) is 13.2. The lowest BCUT2D eigenvalue weighted by Crippen LogP contribution is -2.41. The highest BCUT2D eigenvalue weighted by atomic mass is 19.3. The van der Waals surface area contributed by atoms with E-state index in [2.05, 4.69) is 20.1 Å². The summed E-state index contributed by atoms with van der Waals surface area (Å²) in [5.41, 5.74) is 9.63. The third-order valence-corrected chi connectivity index (χ3v) is 5.66. The molecule has 9 heteroatoms. The van der Waals surface area contributed by atoms with Crippen LogP contribution in [0.1, 0.15) is 30.3 Å². The van der Waals surface area contributed by atoms with Crippen LogP contribution in [0.15, 0.2) is 54.9 Å². The van der Waals surface area contributed by atoms with Crippen LogP contribution in [-0.4, -0.2) is 35.8 Å². The molecule has 1 fully saturated rings. The van der Waals surface area contributed by atoms with Gasteiger partial charge in [-0.25, -0.2) is 18.7 Å². The smallest absolute Gasteiger partial charge is 0.251 e. The normalized spacial score (nSPS) is 16.9. The van der Waals surface area contributed by atoms with Gasteiger partial charge >= 0.3 is 0 Å². The molecule has 1 atom stereocenters. The van der Waals surface area contributed by atoms with Crippen LogP contribution in [0.4, 0.5) is 8.78 Å². The first kappa shape index (κ1) is 19.7. The maximum absolute atomic E-state index is 13.2. The zero-order chi connectivity index (χ0) is 21.6. The highest BCUT2D eigenvalue weighted by molar-refractivity contribution is 5.84. The lowest BCUT2D eigenvalue weighted by atomic mass is 9.75. The summed E-state index contributed by atoms with van der Waals surface area (Å²) in [6, 6.07) is 12.4. The maximum Gasteiger partial charge on any atom is 0.251 e. The topological polar surface area (TPSA) is 103 Å². The molecule has 1 saturated carbocycles. The zero-order valence-corrected chi connectivity index (χ0v) is 16.5. The van der Waals surface area contributed by atoms with E-state index in [1.165, 1.54) is 0 Å². The molecule has 0 unspecified atom stereocenters. The summed E-state index contributed by atoms with van der Waals surface area (Å²) < 4.78 is 28.1. The van der Waals surface area contributed by atoms with Crippen LogP contribution in [0, 0.1) is 5.92 Å². The van der Waals surface area contributed by atoms with E-state index in [1.807, 2.05) is 30.3 Å². The predicted octanol–water partition coefficient (Wildman–Crippen LogP) is 3.41. The van der Waals surface area contributed by atoms with E-state index >= 15 is 0 Å². The monoisotopic (exact) mass is 422 g/mol. The maximum atomic E-state index is 13.2. The Morgan fingerprint density at radius 3 is 2.77 bits per heavy atom. The molecule has 4 aromatic rings. The summed E-state index contributed by atoms with van der Waals surface area (Å²) >= 11 is 0. The van der Waals surface area contributed by atoms with Crippen LogP contribution >= 0.6 is 0 Å². The number of alkyl halides is 2. The second-order valence-corrected chi connectivity index (χ2v) is 7.83. The van der Waals surface area contributed by atoms with Crippen LogP contribution in [0.3, 0.4) is 0 Å². The molecule has 1 aliphatic carbocycles. The van der Waals surface area contributed by atoms with E-state index in [0.29, 0.717) is 23.0 Å². The van der Waals surface area contributed by atoms with Crippen LogP contribution in [-0.2, 0) is 6.61 Å². The SMILES string of the molecule is N[C@H](c1cccc(-c2ccc3cnn(-c4nccc(CO)n4)c3c2)n1)C1CC(F)(F)C1. The summed E-state index contributed by atoms with van der Waals surface area (Å²) in [6.45, 7) is -0.191. The molecule has 7 nitrogen and oxygen atoms in total. The Balaban J connectivity index is 1.50. The van der Waals surface area contributed by atoms with Crippen LogP contribution in [0.2, 0.25) is 0 Å². The van der Waals surface area contributed by atoms with Crippen molar-refractivity contribution in [1.82, 2.24) is 24.7 Å². The van der Waals surface area contributed by atoms with E-state index < -0.39 is 12.0 Å². The average Bonchev–Trinajstić information content (AvgIpc) is 3.20. The van der Waals surface area contributed by atoms with Gasteiger partial charge < -0.3 is 10.8 Å². The van der Waals surface area contributed by atoms with Gasteiger partial charge in [-0.15, -0.1) is 0 Å². The Kier molecular flexibility index (Phi) is 4.71. The number of pyridine rings is 1. The number of aromatic nitrogens is 5. The molecule has 0 saturated heterocycles. The van der Waals surface area contributed by atoms with E-state index in [1.54, 1.807) is 29.2 Å². The van der Waals surface area contributed by atoms with Gasteiger partial charge in [0.1, 0.15) is 0 Å². The van der Waals surface area contributed by atoms with Gasteiger partial charge in [-0.2, -0.15) is 9.78 Å². The highest BCUT2D eigenvalue weighted by Crippen LogP contribution is 2.47. The minimum absolute atomic E-state index is 0.191. The van der Waals surface area contributed by atoms with Crippen LogP contribution in [0.25, 0.3) is 28.1 Å². The van der Waals surface area contributed by atoms with Crippen molar-refractivity contribution in [1.29, 1.82) is 0 Å². The molecule has 1 aromatic carbocycles. The molecule has 158 valence electrons. The van der Waals surface area contributed by atoms with Crippen molar-refractivity contribution in [2.24, 2.45) is 11.7 Å². The van der Waals surface area contributed by atoms with Crippen molar-refractivity contribution in [2.75, 3.05) is 0 Å². The van der Waals surface area contributed by atoms with Gasteiger partial charge in [0.05, 0.1) is 41.4 Å². The van der Waals surface area contributed by atoms with Crippen molar-refractivity contribution in [3.63, 3.8) is 0 Å². The first-order valence-electron chi connectivity index (χ1n) is 9.95. The quantitative estimate of drug-likeness (QED) is 0.511. The van der Waals surface area contributed by atoms with Crippen molar-refractivity contribution < 1.29 is 13.9 Å². The number of rotatable bonds is 5. The predicted molar refractivity (Wildman–Crippen MR) is 110 cm³/mol. The van der Waals surface area contributed by atoms with Crippen molar-refractivity contribution in [3.8, 4) is 17.2 Å². The van der Waals surface area contributed by atoms with Gasteiger partial charge in [0.2, 0.25) is 5.92 Å². The Morgan fingerprint density at radius 2 is 2.00 bits per heavy atom. The lowest BCUT2D eigenvalue weighted by molar-refractivity contribution is -0.117. The van der Waals surface area contributed by atoms with Gasteiger partial charge in [-0.1, -0.05) is 18.2 Å². The first-order valence-corrected chi connectivity index (χ1v) is 9.95. The zero-order valence-electron chi connectivity index (χ0n) is 16.5.